The molecule has 0 unspecified atom stereocenters. The summed E-state index contributed by atoms with van der Waals surface area (Å²) in [4.78, 5) is 27.2. The molecule has 0 heterocycles. The van der Waals surface area contributed by atoms with Gasteiger partial charge in [0.05, 0.1) is 13.7 Å². The fourth-order valence-electron chi connectivity index (χ4n) is 3.06. The van der Waals surface area contributed by atoms with Gasteiger partial charge in [0.25, 0.3) is 0 Å². The van der Waals surface area contributed by atoms with E-state index in [-0.39, 0.29) is 36.6 Å². The normalized spacial score (nSPS) is 12.5. The van der Waals surface area contributed by atoms with Crippen molar-refractivity contribution in [3.8, 4) is 11.5 Å². The van der Waals surface area contributed by atoms with Crippen molar-refractivity contribution in [1.82, 2.24) is 10.2 Å². The van der Waals surface area contributed by atoms with E-state index in [0.717, 1.165) is 17.7 Å². The number of halogens is 1. The van der Waals surface area contributed by atoms with E-state index in [0.29, 0.717) is 18.8 Å². The summed E-state index contributed by atoms with van der Waals surface area (Å²) in [7, 11) is 1.60. The molecule has 7 heteroatoms. The number of methoxy groups -OCH3 is 1. The predicted octanol–water partition coefficient (Wildman–Crippen LogP) is 4.33. The van der Waals surface area contributed by atoms with Crippen molar-refractivity contribution < 1.29 is 23.5 Å². The SMILES string of the molecule is CC[C@H](C)NC(=O)[C@@H](C)N(Cc1ccc(F)cc1)C(=O)CCCOc1ccc(OC)cc1. The molecular weight excluding hydrogens is 411 g/mol. The zero-order valence-corrected chi connectivity index (χ0v) is 19.3. The summed E-state index contributed by atoms with van der Waals surface area (Å²) >= 11 is 0. The number of benzene rings is 2. The molecule has 0 fully saturated rings. The van der Waals surface area contributed by atoms with E-state index in [9.17, 15) is 14.0 Å². The minimum absolute atomic E-state index is 0.0191. The first-order valence-corrected chi connectivity index (χ1v) is 10.9. The Morgan fingerprint density at radius 3 is 2.25 bits per heavy atom. The number of hydrogen-bond donors (Lipinski definition) is 1. The number of nitrogens with zero attached hydrogens (tertiary/aromatic N) is 1. The van der Waals surface area contributed by atoms with E-state index in [1.807, 2.05) is 38.1 Å². The van der Waals surface area contributed by atoms with Crippen LogP contribution >= 0.6 is 0 Å². The average molecular weight is 445 g/mol. The Hall–Kier alpha value is -3.09. The third kappa shape index (κ3) is 7.87. The van der Waals surface area contributed by atoms with Gasteiger partial charge in [-0.3, -0.25) is 9.59 Å². The number of carbonyl (C=O) groups is 2. The molecule has 6 nitrogen and oxygen atoms in total. The minimum Gasteiger partial charge on any atom is -0.497 e. The van der Waals surface area contributed by atoms with Crippen molar-refractivity contribution in [2.75, 3.05) is 13.7 Å². The number of hydrogen-bond acceptors (Lipinski definition) is 4. The van der Waals surface area contributed by atoms with Gasteiger partial charge in [-0.1, -0.05) is 19.1 Å². The van der Waals surface area contributed by atoms with E-state index >= 15 is 0 Å². The highest BCUT2D eigenvalue weighted by Crippen LogP contribution is 2.18. The lowest BCUT2D eigenvalue weighted by Gasteiger charge is -2.29. The standard InChI is InChI=1S/C25H33FN2O4/c1-5-18(2)27-25(30)19(3)28(17-20-8-10-21(26)11-9-20)24(29)7-6-16-32-23-14-12-22(31-4)13-15-23/h8-15,18-19H,5-7,16-17H2,1-4H3,(H,27,30)/t18-,19+/m0/s1. The van der Waals surface area contributed by atoms with E-state index in [1.165, 1.54) is 12.1 Å². The van der Waals surface area contributed by atoms with Gasteiger partial charge < -0.3 is 19.7 Å². The molecular formula is C25H33FN2O4. The van der Waals surface area contributed by atoms with Gasteiger partial charge in [0.15, 0.2) is 0 Å². The summed E-state index contributed by atoms with van der Waals surface area (Å²) in [5.74, 6) is 0.741. The molecule has 0 aromatic heterocycles. The molecule has 0 radical (unpaired) electrons. The van der Waals surface area contributed by atoms with Gasteiger partial charge in [0, 0.05) is 19.0 Å². The van der Waals surface area contributed by atoms with Crippen LogP contribution in [0.2, 0.25) is 0 Å². The second-order valence-corrected chi connectivity index (χ2v) is 7.77. The molecule has 0 aliphatic heterocycles. The quantitative estimate of drug-likeness (QED) is 0.495. The molecule has 174 valence electrons. The highest BCUT2D eigenvalue weighted by Gasteiger charge is 2.26. The van der Waals surface area contributed by atoms with Gasteiger partial charge >= 0.3 is 0 Å². The lowest BCUT2D eigenvalue weighted by Crippen LogP contribution is -2.49. The monoisotopic (exact) mass is 444 g/mol. The van der Waals surface area contributed by atoms with Gasteiger partial charge in [-0.15, -0.1) is 0 Å². The summed E-state index contributed by atoms with van der Waals surface area (Å²) in [5.41, 5.74) is 0.762. The molecule has 2 amide bonds. The van der Waals surface area contributed by atoms with Crippen LogP contribution in [0.1, 0.15) is 45.6 Å². The van der Waals surface area contributed by atoms with Crippen molar-refractivity contribution in [2.45, 2.75) is 58.7 Å². The second kappa shape index (κ2) is 12.7. The first kappa shape index (κ1) is 25.2. The largest absolute Gasteiger partial charge is 0.497 e. The first-order chi connectivity index (χ1) is 15.3. The molecule has 0 bridgehead atoms. The lowest BCUT2D eigenvalue weighted by atomic mass is 10.1. The fourth-order valence-corrected chi connectivity index (χ4v) is 3.06. The molecule has 2 rings (SSSR count). The third-order valence-corrected chi connectivity index (χ3v) is 5.30. The molecule has 1 N–H and O–H groups in total. The number of amides is 2. The van der Waals surface area contributed by atoms with Crippen LogP contribution in [0.3, 0.4) is 0 Å². The van der Waals surface area contributed by atoms with Crippen LogP contribution in [-0.4, -0.2) is 42.5 Å². The van der Waals surface area contributed by atoms with E-state index in [1.54, 1.807) is 31.1 Å². The van der Waals surface area contributed by atoms with Crippen molar-refractivity contribution in [2.24, 2.45) is 0 Å². The summed E-state index contributed by atoms with van der Waals surface area (Å²) in [6.07, 6.45) is 1.54. The van der Waals surface area contributed by atoms with Crippen LogP contribution in [0.5, 0.6) is 11.5 Å². The van der Waals surface area contributed by atoms with Gasteiger partial charge in [-0.2, -0.15) is 0 Å². The van der Waals surface area contributed by atoms with Crippen LogP contribution in [0.25, 0.3) is 0 Å². The summed E-state index contributed by atoms with van der Waals surface area (Å²) in [6, 6.07) is 12.6. The topological polar surface area (TPSA) is 67.9 Å². The first-order valence-electron chi connectivity index (χ1n) is 10.9. The van der Waals surface area contributed by atoms with Crippen LogP contribution in [-0.2, 0) is 16.1 Å². The Balaban J connectivity index is 1.98. The Bertz CT molecular complexity index is 855. The maximum Gasteiger partial charge on any atom is 0.242 e. The third-order valence-electron chi connectivity index (χ3n) is 5.30. The Morgan fingerprint density at radius 1 is 1.03 bits per heavy atom. The van der Waals surface area contributed by atoms with E-state index in [2.05, 4.69) is 5.32 Å². The fraction of sp³-hybridized carbons (Fsp3) is 0.440. The van der Waals surface area contributed by atoms with E-state index < -0.39 is 6.04 Å². The number of ether oxygens (including phenoxy) is 2. The Kier molecular flexibility index (Phi) is 9.98. The minimum atomic E-state index is -0.649. The molecule has 32 heavy (non-hydrogen) atoms. The lowest BCUT2D eigenvalue weighted by molar-refractivity contribution is -0.141. The van der Waals surface area contributed by atoms with Crippen LogP contribution < -0.4 is 14.8 Å². The molecule has 2 aromatic carbocycles. The van der Waals surface area contributed by atoms with Gasteiger partial charge in [0.1, 0.15) is 23.4 Å². The summed E-state index contributed by atoms with van der Waals surface area (Å²) in [6.45, 7) is 6.23. The van der Waals surface area contributed by atoms with Gasteiger partial charge in [0.2, 0.25) is 11.8 Å². The number of carbonyl (C=O) groups excluding carboxylic acids is 2. The molecule has 2 atom stereocenters. The van der Waals surface area contributed by atoms with Gasteiger partial charge in [-0.05, 0) is 68.7 Å². The number of nitrogens with one attached hydrogen (secondary N) is 1. The average Bonchev–Trinajstić information content (AvgIpc) is 2.81. The van der Waals surface area contributed by atoms with Crippen LogP contribution in [0, 0.1) is 5.82 Å². The van der Waals surface area contributed by atoms with Crippen molar-refractivity contribution in [3.05, 3.63) is 59.9 Å². The second-order valence-electron chi connectivity index (χ2n) is 7.77. The number of rotatable bonds is 12. The maximum atomic E-state index is 13.3. The van der Waals surface area contributed by atoms with Crippen molar-refractivity contribution in [1.29, 1.82) is 0 Å². The highest BCUT2D eigenvalue weighted by molar-refractivity contribution is 5.87. The maximum absolute atomic E-state index is 13.3. The predicted molar refractivity (Wildman–Crippen MR) is 122 cm³/mol. The molecule has 0 saturated heterocycles. The van der Waals surface area contributed by atoms with Crippen LogP contribution in [0.4, 0.5) is 4.39 Å². The molecule has 0 saturated carbocycles. The molecule has 0 aliphatic rings. The Labute approximate surface area is 189 Å². The summed E-state index contributed by atoms with van der Waals surface area (Å²) in [5, 5.41) is 2.93. The van der Waals surface area contributed by atoms with Gasteiger partial charge in [-0.25, -0.2) is 4.39 Å². The molecule has 0 spiro atoms. The van der Waals surface area contributed by atoms with Crippen molar-refractivity contribution in [3.63, 3.8) is 0 Å². The van der Waals surface area contributed by atoms with E-state index in [4.69, 9.17) is 9.47 Å². The van der Waals surface area contributed by atoms with Crippen molar-refractivity contribution >= 4 is 11.8 Å². The summed E-state index contributed by atoms with van der Waals surface area (Å²) < 4.78 is 24.1. The zero-order chi connectivity index (χ0) is 23.5. The zero-order valence-electron chi connectivity index (χ0n) is 19.3. The smallest absolute Gasteiger partial charge is 0.242 e. The Morgan fingerprint density at radius 2 is 1.66 bits per heavy atom. The highest BCUT2D eigenvalue weighted by atomic mass is 19.1. The molecule has 2 aromatic rings. The van der Waals surface area contributed by atoms with Crippen LogP contribution in [0.15, 0.2) is 48.5 Å². The molecule has 0 aliphatic carbocycles.